The lowest BCUT2D eigenvalue weighted by Crippen LogP contribution is -2.11. The van der Waals surface area contributed by atoms with Gasteiger partial charge in [-0.25, -0.2) is 4.98 Å². The van der Waals surface area contributed by atoms with Crippen molar-refractivity contribution in [2.24, 2.45) is 0 Å². The van der Waals surface area contributed by atoms with Crippen LogP contribution < -0.4 is 5.32 Å². The Hall–Kier alpha value is -2.37. The highest BCUT2D eigenvalue weighted by Gasteiger charge is 2.12. The lowest BCUT2D eigenvalue weighted by molar-refractivity contribution is 0.102. The standard InChI is InChI=1S/C20H16N2OS2/c1-2-24-15-8-5-7-14(12-15)19(23)22-20-21-17-11-10-13-6-3-4-9-16(13)18(17)25-20/h3-12H,2H2,1H3,(H,21,22,23). The molecule has 4 rings (SSSR count). The minimum absolute atomic E-state index is 0.123. The molecule has 3 aromatic carbocycles. The van der Waals surface area contributed by atoms with Crippen molar-refractivity contribution in [3.63, 3.8) is 0 Å². The molecular formula is C20H16N2OS2. The molecule has 1 N–H and O–H groups in total. The summed E-state index contributed by atoms with van der Waals surface area (Å²) in [6.45, 7) is 2.10. The fourth-order valence-corrected chi connectivity index (χ4v) is 4.49. The Labute approximate surface area is 154 Å². The van der Waals surface area contributed by atoms with E-state index in [2.05, 4.69) is 35.4 Å². The smallest absolute Gasteiger partial charge is 0.257 e. The topological polar surface area (TPSA) is 42.0 Å². The van der Waals surface area contributed by atoms with E-state index in [1.54, 1.807) is 11.8 Å². The quantitative estimate of drug-likeness (QED) is 0.464. The summed E-state index contributed by atoms with van der Waals surface area (Å²) in [5, 5.41) is 5.92. The largest absolute Gasteiger partial charge is 0.298 e. The molecule has 0 aliphatic carbocycles. The third-order valence-electron chi connectivity index (χ3n) is 3.91. The number of hydrogen-bond acceptors (Lipinski definition) is 4. The zero-order valence-electron chi connectivity index (χ0n) is 13.7. The van der Waals surface area contributed by atoms with Crippen molar-refractivity contribution in [2.75, 3.05) is 11.1 Å². The van der Waals surface area contributed by atoms with Gasteiger partial charge in [0, 0.05) is 15.8 Å². The molecule has 0 spiro atoms. The molecule has 1 heterocycles. The van der Waals surface area contributed by atoms with Crippen LogP contribution in [0.1, 0.15) is 17.3 Å². The molecule has 1 aromatic heterocycles. The van der Waals surface area contributed by atoms with E-state index in [-0.39, 0.29) is 5.91 Å². The average Bonchev–Trinajstić information content (AvgIpc) is 3.05. The molecule has 124 valence electrons. The number of benzene rings is 3. The van der Waals surface area contributed by atoms with Gasteiger partial charge in [0.2, 0.25) is 0 Å². The molecule has 0 fully saturated rings. The van der Waals surface area contributed by atoms with Crippen molar-refractivity contribution >= 4 is 55.1 Å². The molecule has 0 radical (unpaired) electrons. The third-order valence-corrected chi connectivity index (χ3v) is 5.80. The van der Waals surface area contributed by atoms with Crippen LogP contribution in [0.15, 0.2) is 65.6 Å². The summed E-state index contributed by atoms with van der Waals surface area (Å²) < 4.78 is 1.10. The third kappa shape index (κ3) is 3.25. The number of anilines is 1. The maximum Gasteiger partial charge on any atom is 0.257 e. The van der Waals surface area contributed by atoms with E-state index in [0.717, 1.165) is 20.9 Å². The second-order valence-electron chi connectivity index (χ2n) is 5.57. The summed E-state index contributed by atoms with van der Waals surface area (Å²) in [6.07, 6.45) is 0. The number of fused-ring (bicyclic) bond motifs is 3. The van der Waals surface area contributed by atoms with Gasteiger partial charge in [0.1, 0.15) is 0 Å². The van der Waals surface area contributed by atoms with Crippen LogP contribution in [0.25, 0.3) is 21.0 Å². The summed E-state index contributed by atoms with van der Waals surface area (Å²) in [7, 11) is 0. The molecule has 4 aromatic rings. The number of amides is 1. The number of thioether (sulfide) groups is 1. The lowest BCUT2D eigenvalue weighted by Gasteiger charge is -2.04. The summed E-state index contributed by atoms with van der Waals surface area (Å²) >= 11 is 3.24. The Morgan fingerprint density at radius 3 is 2.88 bits per heavy atom. The number of rotatable bonds is 4. The molecule has 0 saturated heterocycles. The first-order chi connectivity index (χ1) is 12.2. The van der Waals surface area contributed by atoms with Crippen molar-refractivity contribution in [1.82, 2.24) is 4.98 Å². The SMILES string of the molecule is CCSc1cccc(C(=O)Nc2nc3ccc4ccccc4c3s2)c1. The number of nitrogens with zero attached hydrogens (tertiary/aromatic N) is 1. The Kier molecular flexibility index (Phi) is 4.42. The van der Waals surface area contributed by atoms with Crippen LogP contribution in [0.2, 0.25) is 0 Å². The second kappa shape index (κ2) is 6.86. The van der Waals surface area contributed by atoms with Gasteiger partial charge in [0.05, 0.1) is 10.2 Å². The normalized spacial score (nSPS) is 11.1. The molecule has 0 aliphatic rings. The molecule has 0 aliphatic heterocycles. The van der Waals surface area contributed by atoms with E-state index in [9.17, 15) is 4.79 Å². The van der Waals surface area contributed by atoms with Crippen LogP contribution in [0.5, 0.6) is 0 Å². The zero-order chi connectivity index (χ0) is 17.2. The molecule has 5 heteroatoms. The number of thiazole rings is 1. The molecule has 25 heavy (non-hydrogen) atoms. The number of aromatic nitrogens is 1. The minimum atomic E-state index is -0.123. The van der Waals surface area contributed by atoms with Crippen LogP contribution in [-0.4, -0.2) is 16.6 Å². The number of nitrogens with one attached hydrogen (secondary N) is 1. The highest BCUT2D eigenvalue weighted by atomic mass is 32.2. The first-order valence-electron chi connectivity index (χ1n) is 8.07. The Balaban J connectivity index is 1.65. The lowest BCUT2D eigenvalue weighted by atomic mass is 10.1. The summed E-state index contributed by atoms with van der Waals surface area (Å²) in [6, 6.07) is 20.0. The molecule has 0 unspecified atom stereocenters. The van der Waals surface area contributed by atoms with Gasteiger partial charge in [-0.05, 0) is 35.4 Å². The zero-order valence-corrected chi connectivity index (χ0v) is 15.3. The van der Waals surface area contributed by atoms with Crippen LogP contribution in [0.4, 0.5) is 5.13 Å². The van der Waals surface area contributed by atoms with Crippen LogP contribution in [-0.2, 0) is 0 Å². The van der Waals surface area contributed by atoms with Crippen molar-refractivity contribution in [1.29, 1.82) is 0 Å². The highest BCUT2D eigenvalue weighted by molar-refractivity contribution is 7.99. The fraction of sp³-hybridized carbons (Fsp3) is 0.100. The predicted octanol–water partition coefficient (Wildman–Crippen LogP) is 5.81. The predicted molar refractivity (Wildman–Crippen MR) is 108 cm³/mol. The molecule has 0 bridgehead atoms. The Morgan fingerprint density at radius 1 is 1.12 bits per heavy atom. The van der Waals surface area contributed by atoms with Gasteiger partial charge in [-0.15, -0.1) is 11.8 Å². The van der Waals surface area contributed by atoms with Gasteiger partial charge >= 0.3 is 0 Å². The van der Waals surface area contributed by atoms with Gasteiger partial charge in [0.25, 0.3) is 5.91 Å². The van der Waals surface area contributed by atoms with Gasteiger partial charge in [-0.2, -0.15) is 0 Å². The first kappa shape index (κ1) is 16.1. The summed E-state index contributed by atoms with van der Waals surface area (Å²) in [5.74, 6) is 0.859. The minimum Gasteiger partial charge on any atom is -0.298 e. The highest BCUT2D eigenvalue weighted by Crippen LogP contribution is 2.32. The maximum atomic E-state index is 12.6. The monoisotopic (exact) mass is 364 g/mol. The number of carbonyl (C=O) groups is 1. The molecule has 0 saturated carbocycles. The van der Waals surface area contributed by atoms with E-state index in [4.69, 9.17) is 0 Å². The van der Waals surface area contributed by atoms with E-state index in [1.165, 1.54) is 22.1 Å². The van der Waals surface area contributed by atoms with E-state index >= 15 is 0 Å². The van der Waals surface area contributed by atoms with Crippen molar-refractivity contribution in [3.8, 4) is 0 Å². The van der Waals surface area contributed by atoms with Crippen molar-refractivity contribution < 1.29 is 4.79 Å². The molecule has 0 atom stereocenters. The van der Waals surface area contributed by atoms with Crippen LogP contribution in [0.3, 0.4) is 0 Å². The van der Waals surface area contributed by atoms with Crippen molar-refractivity contribution in [2.45, 2.75) is 11.8 Å². The molecule has 3 nitrogen and oxygen atoms in total. The summed E-state index contributed by atoms with van der Waals surface area (Å²) in [5.41, 5.74) is 1.57. The van der Waals surface area contributed by atoms with Crippen molar-refractivity contribution in [3.05, 3.63) is 66.2 Å². The second-order valence-corrected chi connectivity index (χ2v) is 7.91. The Morgan fingerprint density at radius 2 is 2.00 bits per heavy atom. The van der Waals surface area contributed by atoms with Gasteiger partial charge in [-0.1, -0.05) is 54.7 Å². The summed E-state index contributed by atoms with van der Waals surface area (Å²) in [4.78, 5) is 18.2. The maximum absolute atomic E-state index is 12.6. The van der Waals surface area contributed by atoms with Gasteiger partial charge < -0.3 is 0 Å². The Bertz CT molecular complexity index is 1070. The van der Waals surface area contributed by atoms with E-state index in [0.29, 0.717) is 10.7 Å². The van der Waals surface area contributed by atoms with E-state index in [1.807, 2.05) is 42.5 Å². The number of hydrogen-bond donors (Lipinski definition) is 1. The molecule has 1 amide bonds. The van der Waals surface area contributed by atoms with Crippen LogP contribution in [0, 0.1) is 0 Å². The molecular weight excluding hydrogens is 348 g/mol. The van der Waals surface area contributed by atoms with Crippen LogP contribution >= 0.6 is 23.1 Å². The fourth-order valence-electron chi connectivity index (χ4n) is 2.77. The van der Waals surface area contributed by atoms with Gasteiger partial charge in [-0.3, -0.25) is 10.1 Å². The first-order valence-corrected chi connectivity index (χ1v) is 9.87. The average molecular weight is 364 g/mol. The number of carbonyl (C=O) groups excluding carboxylic acids is 1. The van der Waals surface area contributed by atoms with E-state index < -0.39 is 0 Å². The van der Waals surface area contributed by atoms with Gasteiger partial charge in [0.15, 0.2) is 5.13 Å².